The molecule has 0 bridgehead atoms. The van der Waals surface area contributed by atoms with Crippen LogP contribution in [0.4, 0.5) is 10.2 Å². The lowest BCUT2D eigenvalue weighted by molar-refractivity contribution is 0.386. The summed E-state index contributed by atoms with van der Waals surface area (Å²) >= 11 is 0. The largest absolute Gasteiger partial charge is 0.494 e. The maximum absolute atomic E-state index is 13.9. The molecule has 0 N–H and O–H groups in total. The lowest BCUT2D eigenvalue weighted by Crippen LogP contribution is -2.26. The van der Waals surface area contributed by atoms with E-state index in [1.807, 2.05) is 0 Å². The van der Waals surface area contributed by atoms with E-state index in [0.29, 0.717) is 11.2 Å². The molecule has 8 heteroatoms. The van der Waals surface area contributed by atoms with Crippen molar-refractivity contribution in [2.24, 2.45) is 0 Å². The topological polar surface area (TPSA) is 64.7 Å². The third-order valence-corrected chi connectivity index (χ3v) is 4.94. The molecule has 1 fully saturated rings. The maximum Gasteiger partial charge on any atom is 0.350 e. The molecular weight excluding hydrogens is 349 g/mol. The Balaban J connectivity index is 1.70. The Kier molecular flexibility index (Phi) is 4.79. The molecule has 0 aliphatic carbocycles. The summed E-state index contributed by atoms with van der Waals surface area (Å²) in [7, 11) is 1.42. The van der Waals surface area contributed by atoms with Gasteiger partial charge in [0.15, 0.2) is 17.4 Å². The highest BCUT2D eigenvalue weighted by molar-refractivity contribution is 5.63. The van der Waals surface area contributed by atoms with Crippen LogP contribution in [-0.2, 0) is 6.54 Å². The minimum atomic E-state index is -0.460. The quantitative estimate of drug-likeness (QED) is 0.705. The van der Waals surface area contributed by atoms with Crippen LogP contribution < -0.4 is 15.3 Å². The molecule has 27 heavy (non-hydrogen) atoms. The van der Waals surface area contributed by atoms with Crippen LogP contribution in [0.1, 0.15) is 31.2 Å². The summed E-state index contributed by atoms with van der Waals surface area (Å²) in [5.74, 6) is 0.448. The first-order chi connectivity index (χ1) is 13.2. The predicted molar refractivity (Wildman–Crippen MR) is 100.0 cm³/mol. The van der Waals surface area contributed by atoms with E-state index >= 15 is 0 Å². The molecule has 0 atom stereocenters. The first-order valence-electron chi connectivity index (χ1n) is 9.19. The molecule has 1 aliphatic heterocycles. The third kappa shape index (κ3) is 3.39. The van der Waals surface area contributed by atoms with Crippen molar-refractivity contribution in [1.29, 1.82) is 0 Å². The first-order valence-corrected chi connectivity index (χ1v) is 9.19. The molecule has 2 aromatic heterocycles. The van der Waals surface area contributed by atoms with Crippen LogP contribution in [0.3, 0.4) is 0 Å². The summed E-state index contributed by atoms with van der Waals surface area (Å²) in [6.45, 7) is 2.01. The molecule has 0 radical (unpaired) electrons. The zero-order valence-corrected chi connectivity index (χ0v) is 15.3. The average Bonchev–Trinajstić information content (AvgIpc) is 2.86. The molecule has 0 amide bonds. The normalized spacial score (nSPS) is 15.1. The Morgan fingerprint density at radius 1 is 1.19 bits per heavy atom. The van der Waals surface area contributed by atoms with Gasteiger partial charge in [-0.05, 0) is 30.5 Å². The summed E-state index contributed by atoms with van der Waals surface area (Å²) in [6.07, 6.45) is 7.90. The minimum absolute atomic E-state index is 0.175. The molecule has 3 heterocycles. The van der Waals surface area contributed by atoms with Gasteiger partial charge >= 0.3 is 5.69 Å². The molecular formula is C19H22FN5O2. The SMILES string of the molecule is COc1ccc(Cn2nc3c(N4CCCCCC4)nccn3c2=O)cc1F. The van der Waals surface area contributed by atoms with E-state index in [1.54, 1.807) is 24.5 Å². The Labute approximate surface area is 156 Å². The monoisotopic (exact) mass is 371 g/mol. The summed E-state index contributed by atoms with van der Waals surface area (Å²) < 4.78 is 21.7. The average molecular weight is 371 g/mol. The third-order valence-electron chi connectivity index (χ3n) is 4.94. The van der Waals surface area contributed by atoms with E-state index in [0.717, 1.165) is 31.7 Å². The number of hydrogen-bond donors (Lipinski definition) is 0. The fraction of sp³-hybridized carbons (Fsp3) is 0.421. The smallest absolute Gasteiger partial charge is 0.350 e. The fourth-order valence-corrected chi connectivity index (χ4v) is 3.53. The number of methoxy groups -OCH3 is 1. The molecule has 142 valence electrons. The number of hydrogen-bond acceptors (Lipinski definition) is 5. The zero-order valence-electron chi connectivity index (χ0n) is 15.3. The summed E-state index contributed by atoms with van der Waals surface area (Å²) in [4.78, 5) is 19.4. The Morgan fingerprint density at radius 2 is 1.96 bits per heavy atom. The van der Waals surface area contributed by atoms with Gasteiger partial charge in [-0.25, -0.2) is 23.3 Å². The molecule has 1 saturated heterocycles. The van der Waals surface area contributed by atoms with E-state index in [2.05, 4.69) is 15.0 Å². The Hall–Kier alpha value is -2.90. The van der Waals surface area contributed by atoms with Gasteiger partial charge in [-0.2, -0.15) is 0 Å². The van der Waals surface area contributed by atoms with Gasteiger partial charge in [-0.15, -0.1) is 5.10 Å². The Bertz CT molecular complexity index is 1000. The van der Waals surface area contributed by atoms with Gasteiger partial charge in [-0.3, -0.25) is 0 Å². The molecule has 1 aliphatic rings. The fourth-order valence-electron chi connectivity index (χ4n) is 3.53. The summed E-state index contributed by atoms with van der Waals surface area (Å²) in [5, 5.41) is 4.49. The zero-order chi connectivity index (χ0) is 18.8. The van der Waals surface area contributed by atoms with Crippen molar-refractivity contribution < 1.29 is 9.13 Å². The van der Waals surface area contributed by atoms with Crippen LogP contribution in [0.5, 0.6) is 5.75 Å². The summed E-state index contributed by atoms with van der Waals surface area (Å²) in [5.41, 5.74) is 0.918. The van der Waals surface area contributed by atoms with Crippen LogP contribution in [0.25, 0.3) is 5.65 Å². The van der Waals surface area contributed by atoms with Crippen molar-refractivity contribution in [2.75, 3.05) is 25.1 Å². The molecule has 0 unspecified atom stereocenters. The number of ether oxygens (including phenoxy) is 1. The number of aromatic nitrogens is 4. The number of fused-ring (bicyclic) bond motifs is 1. The van der Waals surface area contributed by atoms with E-state index in [4.69, 9.17) is 4.74 Å². The van der Waals surface area contributed by atoms with Crippen molar-refractivity contribution in [3.05, 3.63) is 52.5 Å². The number of halogens is 1. The van der Waals surface area contributed by atoms with Crippen molar-refractivity contribution >= 4 is 11.5 Å². The number of benzene rings is 1. The van der Waals surface area contributed by atoms with Crippen LogP contribution in [0, 0.1) is 5.82 Å². The van der Waals surface area contributed by atoms with Crippen molar-refractivity contribution in [1.82, 2.24) is 19.2 Å². The van der Waals surface area contributed by atoms with Gasteiger partial charge in [0.25, 0.3) is 0 Å². The first kappa shape index (κ1) is 17.5. The van der Waals surface area contributed by atoms with E-state index in [-0.39, 0.29) is 18.0 Å². The van der Waals surface area contributed by atoms with E-state index < -0.39 is 5.82 Å². The highest BCUT2D eigenvalue weighted by atomic mass is 19.1. The number of rotatable bonds is 4. The van der Waals surface area contributed by atoms with E-state index in [1.165, 1.54) is 35.1 Å². The van der Waals surface area contributed by atoms with Crippen molar-refractivity contribution in [3.63, 3.8) is 0 Å². The van der Waals surface area contributed by atoms with Crippen LogP contribution in [0.15, 0.2) is 35.4 Å². The van der Waals surface area contributed by atoms with Gasteiger partial charge in [0.1, 0.15) is 0 Å². The second-order valence-corrected chi connectivity index (χ2v) is 6.75. The maximum atomic E-state index is 13.9. The Morgan fingerprint density at radius 3 is 2.67 bits per heavy atom. The molecule has 7 nitrogen and oxygen atoms in total. The van der Waals surface area contributed by atoms with Gasteiger partial charge in [0.2, 0.25) is 5.65 Å². The molecule has 3 aromatic rings. The van der Waals surface area contributed by atoms with Crippen LogP contribution >= 0.6 is 0 Å². The highest BCUT2D eigenvalue weighted by Crippen LogP contribution is 2.21. The molecule has 0 saturated carbocycles. The lowest BCUT2D eigenvalue weighted by atomic mass is 10.2. The predicted octanol–water partition coefficient (Wildman–Crippen LogP) is 2.47. The number of anilines is 1. The highest BCUT2D eigenvalue weighted by Gasteiger charge is 2.18. The van der Waals surface area contributed by atoms with Crippen molar-refractivity contribution in [3.8, 4) is 5.75 Å². The summed E-state index contributed by atoms with van der Waals surface area (Å²) in [6, 6.07) is 4.64. The van der Waals surface area contributed by atoms with Crippen LogP contribution in [0.2, 0.25) is 0 Å². The standard InChI is InChI=1S/C19H22FN5O2/c1-27-16-7-6-14(12-15(16)20)13-25-19(26)24-11-8-21-17(18(24)22-25)23-9-4-2-3-5-10-23/h6-8,11-12H,2-5,9-10,13H2,1H3. The lowest BCUT2D eigenvalue weighted by Gasteiger charge is -2.21. The van der Waals surface area contributed by atoms with Gasteiger partial charge in [-0.1, -0.05) is 18.9 Å². The van der Waals surface area contributed by atoms with Crippen molar-refractivity contribution in [2.45, 2.75) is 32.2 Å². The molecule has 0 spiro atoms. The molecule has 1 aromatic carbocycles. The van der Waals surface area contributed by atoms with Gasteiger partial charge in [0.05, 0.1) is 13.7 Å². The van der Waals surface area contributed by atoms with Gasteiger partial charge in [0, 0.05) is 25.5 Å². The van der Waals surface area contributed by atoms with Crippen LogP contribution in [-0.4, -0.2) is 39.4 Å². The van der Waals surface area contributed by atoms with E-state index in [9.17, 15) is 9.18 Å². The second kappa shape index (κ2) is 7.38. The second-order valence-electron chi connectivity index (χ2n) is 6.75. The van der Waals surface area contributed by atoms with Gasteiger partial charge < -0.3 is 9.64 Å². The minimum Gasteiger partial charge on any atom is -0.494 e. The molecule has 4 rings (SSSR count). The number of nitrogens with zero attached hydrogens (tertiary/aromatic N) is 5.